The van der Waals surface area contributed by atoms with Gasteiger partial charge in [0.1, 0.15) is 0 Å². The summed E-state index contributed by atoms with van der Waals surface area (Å²) in [5, 5.41) is 0. The zero-order chi connectivity index (χ0) is 13.8. The molecule has 20 heavy (non-hydrogen) atoms. The van der Waals surface area contributed by atoms with E-state index in [1.807, 2.05) is 19.3 Å². The predicted octanol–water partition coefficient (Wildman–Crippen LogP) is 2.49. The molecule has 0 aliphatic carbocycles. The maximum absolute atomic E-state index is 4.45. The molecule has 3 rings (SSSR count). The van der Waals surface area contributed by atoms with Gasteiger partial charge >= 0.3 is 0 Å². The molecule has 0 unspecified atom stereocenters. The molecule has 0 N–H and O–H groups in total. The molecule has 0 bridgehead atoms. The number of piperidine rings is 2. The van der Waals surface area contributed by atoms with E-state index in [1.165, 1.54) is 51.7 Å². The first-order chi connectivity index (χ1) is 9.81. The Morgan fingerprint density at radius 3 is 2.30 bits per heavy atom. The van der Waals surface area contributed by atoms with Crippen LogP contribution in [0.1, 0.15) is 37.7 Å². The first kappa shape index (κ1) is 13.8. The SMILES string of the molecule is Cc1cnc(N2CCC(CN3CCCCC3)CC2)nc1. The van der Waals surface area contributed by atoms with Crippen molar-refractivity contribution in [3.05, 3.63) is 18.0 Å². The van der Waals surface area contributed by atoms with Crippen LogP contribution in [0.3, 0.4) is 0 Å². The lowest BCUT2D eigenvalue weighted by molar-refractivity contribution is 0.181. The van der Waals surface area contributed by atoms with Gasteiger partial charge in [0, 0.05) is 32.0 Å². The van der Waals surface area contributed by atoms with Crippen LogP contribution in [0, 0.1) is 12.8 Å². The van der Waals surface area contributed by atoms with Gasteiger partial charge < -0.3 is 9.80 Å². The van der Waals surface area contributed by atoms with E-state index in [4.69, 9.17) is 0 Å². The summed E-state index contributed by atoms with van der Waals surface area (Å²) >= 11 is 0. The van der Waals surface area contributed by atoms with E-state index < -0.39 is 0 Å². The first-order valence-electron chi connectivity index (χ1n) is 8.07. The van der Waals surface area contributed by atoms with E-state index >= 15 is 0 Å². The number of rotatable bonds is 3. The Balaban J connectivity index is 1.47. The van der Waals surface area contributed by atoms with Crippen LogP contribution in [0.2, 0.25) is 0 Å². The molecule has 0 saturated carbocycles. The van der Waals surface area contributed by atoms with Crippen molar-refractivity contribution in [2.75, 3.05) is 37.6 Å². The summed E-state index contributed by atoms with van der Waals surface area (Å²) in [6.07, 6.45) is 10.6. The molecule has 2 aliphatic heterocycles. The molecule has 3 heterocycles. The lowest BCUT2D eigenvalue weighted by Gasteiger charge is -2.36. The van der Waals surface area contributed by atoms with Gasteiger partial charge in [0.25, 0.3) is 0 Å². The van der Waals surface area contributed by atoms with Gasteiger partial charge in [-0.1, -0.05) is 6.42 Å². The Bertz CT molecular complexity index is 403. The van der Waals surface area contributed by atoms with Crippen LogP contribution < -0.4 is 4.90 Å². The summed E-state index contributed by atoms with van der Waals surface area (Å²) in [6, 6.07) is 0. The zero-order valence-corrected chi connectivity index (χ0v) is 12.6. The molecule has 0 atom stereocenters. The topological polar surface area (TPSA) is 32.3 Å². The second-order valence-corrected chi connectivity index (χ2v) is 6.35. The van der Waals surface area contributed by atoms with Gasteiger partial charge in [-0.2, -0.15) is 0 Å². The van der Waals surface area contributed by atoms with Crippen molar-refractivity contribution in [1.82, 2.24) is 14.9 Å². The number of aryl methyl sites for hydroxylation is 1. The molecule has 0 aromatic carbocycles. The minimum absolute atomic E-state index is 0.870. The van der Waals surface area contributed by atoms with Crippen molar-refractivity contribution in [2.24, 2.45) is 5.92 Å². The van der Waals surface area contributed by atoms with Crippen molar-refractivity contribution in [3.63, 3.8) is 0 Å². The minimum atomic E-state index is 0.870. The average molecular weight is 274 g/mol. The molecule has 1 aromatic rings. The summed E-state index contributed by atoms with van der Waals surface area (Å²) in [5.41, 5.74) is 1.13. The number of aromatic nitrogens is 2. The highest BCUT2D eigenvalue weighted by Gasteiger charge is 2.23. The molecule has 2 aliphatic rings. The fraction of sp³-hybridized carbons (Fsp3) is 0.750. The second kappa shape index (κ2) is 6.53. The molecule has 4 heteroatoms. The van der Waals surface area contributed by atoms with E-state index in [0.29, 0.717) is 0 Å². The Morgan fingerprint density at radius 2 is 1.65 bits per heavy atom. The van der Waals surface area contributed by atoms with Gasteiger partial charge in [-0.05, 0) is 57.2 Å². The highest BCUT2D eigenvalue weighted by molar-refractivity contribution is 5.30. The van der Waals surface area contributed by atoms with E-state index in [1.54, 1.807) is 0 Å². The summed E-state index contributed by atoms with van der Waals surface area (Å²) in [4.78, 5) is 13.9. The van der Waals surface area contributed by atoms with Gasteiger partial charge in [-0.25, -0.2) is 9.97 Å². The smallest absolute Gasteiger partial charge is 0.225 e. The van der Waals surface area contributed by atoms with Crippen LogP contribution in [0.4, 0.5) is 5.95 Å². The van der Waals surface area contributed by atoms with Gasteiger partial charge in [-0.3, -0.25) is 0 Å². The van der Waals surface area contributed by atoms with Crippen LogP contribution in [0.15, 0.2) is 12.4 Å². The second-order valence-electron chi connectivity index (χ2n) is 6.35. The molecule has 0 radical (unpaired) electrons. The fourth-order valence-corrected chi connectivity index (χ4v) is 3.37. The molecule has 1 aromatic heterocycles. The van der Waals surface area contributed by atoms with Gasteiger partial charge in [-0.15, -0.1) is 0 Å². The lowest BCUT2D eigenvalue weighted by atomic mass is 9.95. The van der Waals surface area contributed by atoms with Crippen molar-refractivity contribution < 1.29 is 0 Å². The number of likely N-dealkylation sites (tertiary alicyclic amines) is 1. The molecular formula is C16H26N4. The third-order valence-corrected chi connectivity index (χ3v) is 4.63. The Labute approximate surface area is 122 Å². The molecular weight excluding hydrogens is 248 g/mol. The van der Waals surface area contributed by atoms with Crippen molar-refractivity contribution in [2.45, 2.75) is 39.0 Å². The highest BCUT2D eigenvalue weighted by Crippen LogP contribution is 2.22. The summed E-state index contributed by atoms with van der Waals surface area (Å²) < 4.78 is 0. The molecule has 2 fully saturated rings. The molecule has 2 saturated heterocycles. The number of hydrogen-bond acceptors (Lipinski definition) is 4. The maximum atomic E-state index is 4.45. The largest absolute Gasteiger partial charge is 0.341 e. The van der Waals surface area contributed by atoms with Gasteiger partial charge in [0.05, 0.1) is 0 Å². The normalized spacial score (nSPS) is 22.1. The average Bonchev–Trinajstić information content (AvgIpc) is 2.50. The Hall–Kier alpha value is -1.16. The quantitative estimate of drug-likeness (QED) is 0.847. The highest BCUT2D eigenvalue weighted by atomic mass is 15.2. The predicted molar refractivity (Wildman–Crippen MR) is 82.0 cm³/mol. The van der Waals surface area contributed by atoms with Gasteiger partial charge in [0.2, 0.25) is 5.95 Å². The zero-order valence-electron chi connectivity index (χ0n) is 12.6. The monoisotopic (exact) mass is 274 g/mol. The number of nitrogens with zero attached hydrogens (tertiary/aromatic N) is 4. The maximum Gasteiger partial charge on any atom is 0.225 e. The van der Waals surface area contributed by atoms with Crippen LogP contribution in [0.25, 0.3) is 0 Å². The Morgan fingerprint density at radius 1 is 1.00 bits per heavy atom. The van der Waals surface area contributed by atoms with Crippen molar-refractivity contribution in [3.8, 4) is 0 Å². The lowest BCUT2D eigenvalue weighted by Crippen LogP contribution is -2.40. The first-order valence-corrected chi connectivity index (χ1v) is 8.07. The molecule has 0 amide bonds. The van der Waals surface area contributed by atoms with Crippen LogP contribution in [-0.2, 0) is 0 Å². The summed E-state index contributed by atoms with van der Waals surface area (Å²) in [6.45, 7) is 8.21. The molecule has 110 valence electrons. The summed E-state index contributed by atoms with van der Waals surface area (Å²) in [5.74, 6) is 1.78. The molecule has 0 spiro atoms. The Kier molecular flexibility index (Phi) is 4.51. The van der Waals surface area contributed by atoms with Gasteiger partial charge in [0.15, 0.2) is 0 Å². The van der Waals surface area contributed by atoms with E-state index in [9.17, 15) is 0 Å². The van der Waals surface area contributed by atoms with Crippen molar-refractivity contribution >= 4 is 5.95 Å². The molecule has 4 nitrogen and oxygen atoms in total. The van der Waals surface area contributed by atoms with E-state index in [-0.39, 0.29) is 0 Å². The van der Waals surface area contributed by atoms with Crippen LogP contribution in [0.5, 0.6) is 0 Å². The van der Waals surface area contributed by atoms with Crippen LogP contribution >= 0.6 is 0 Å². The van der Waals surface area contributed by atoms with E-state index in [2.05, 4.69) is 19.8 Å². The van der Waals surface area contributed by atoms with Crippen LogP contribution in [-0.4, -0.2) is 47.6 Å². The third-order valence-electron chi connectivity index (χ3n) is 4.63. The standard InChI is InChI=1S/C16H26N4/c1-14-11-17-16(18-12-14)20-9-5-15(6-10-20)13-19-7-3-2-4-8-19/h11-12,15H,2-10,13H2,1H3. The summed E-state index contributed by atoms with van der Waals surface area (Å²) in [7, 11) is 0. The number of hydrogen-bond donors (Lipinski definition) is 0. The van der Waals surface area contributed by atoms with Crippen molar-refractivity contribution in [1.29, 1.82) is 0 Å². The number of anilines is 1. The fourth-order valence-electron chi connectivity index (χ4n) is 3.37. The minimum Gasteiger partial charge on any atom is -0.341 e. The third kappa shape index (κ3) is 3.48. The van der Waals surface area contributed by atoms with E-state index in [0.717, 1.165) is 30.5 Å².